The molecule has 1 aromatic heterocycles. The molecule has 0 unspecified atom stereocenters. The van der Waals surface area contributed by atoms with Gasteiger partial charge in [-0.25, -0.2) is 9.97 Å². The first-order chi connectivity index (χ1) is 8.78. The molecular formula is C13H10N2O3. The Hall–Kier alpha value is -2.43. The van der Waals surface area contributed by atoms with E-state index >= 15 is 0 Å². The zero-order valence-corrected chi connectivity index (χ0v) is 9.71. The van der Waals surface area contributed by atoms with Gasteiger partial charge < -0.3 is 9.47 Å². The average Bonchev–Trinajstić information content (AvgIpc) is 2.85. The summed E-state index contributed by atoms with van der Waals surface area (Å²) in [5.74, 6) is 1.43. The number of ether oxygens (including phenoxy) is 2. The highest BCUT2D eigenvalue weighted by Gasteiger charge is 2.17. The van der Waals surface area contributed by atoms with E-state index in [9.17, 15) is 4.79 Å². The molecule has 3 rings (SSSR count). The van der Waals surface area contributed by atoms with Gasteiger partial charge in [0.15, 0.2) is 17.8 Å². The number of benzene rings is 1. The van der Waals surface area contributed by atoms with Crippen LogP contribution in [0.1, 0.15) is 16.1 Å². The van der Waals surface area contributed by atoms with Crippen LogP contribution < -0.4 is 9.47 Å². The molecule has 90 valence electrons. The van der Waals surface area contributed by atoms with Crippen molar-refractivity contribution in [2.24, 2.45) is 0 Å². The first kappa shape index (κ1) is 10.7. The Morgan fingerprint density at radius 3 is 2.72 bits per heavy atom. The fourth-order valence-electron chi connectivity index (χ4n) is 1.90. The molecule has 0 atom stereocenters. The lowest BCUT2D eigenvalue weighted by molar-refractivity contribution is 0.111. The maximum Gasteiger partial charge on any atom is 0.231 e. The minimum Gasteiger partial charge on any atom is -0.454 e. The lowest BCUT2D eigenvalue weighted by Crippen LogP contribution is -1.93. The van der Waals surface area contributed by atoms with Gasteiger partial charge in [0.05, 0.1) is 5.69 Å². The Kier molecular flexibility index (Phi) is 2.44. The van der Waals surface area contributed by atoms with Crippen LogP contribution in [0.25, 0.3) is 11.3 Å². The average molecular weight is 242 g/mol. The topological polar surface area (TPSA) is 61.3 Å². The van der Waals surface area contributed by atoms with E-state index in [1.165, 1.54) is 6.33 Å². The summed E-state index contributed by atoms with van der Waals surface area (Å²) in [6, 6.07) is 5.42. The van der Waals surface area contributed by atoms with E-state index in [1.807, 2.05) is 19.1 Å². The molecule has 1 aliphatic rings. The van der Waals surface area contributed by atoms with Crippen molar-refractivity contribution >= 4 is 6.29 Å². The van der Waals surface area contributed by atoms with Crippen molar-refractivity contribution in [1.82, 2.24) is 9.97 Å². The highest BCUT2D eigenvalue weighted by atomic mass is 16.7. The first-order valence-corrected chi connectivity index (χ1v) is 5.46. The molecule has 0 N–H and O–H groups in total. The molecular weight excluding hydrogens is 232 g/mol. The van der Waals surface area contributed by atoms with E-state index in [-0.39, 0.29) is 6.79 Å². The molecule has 2 heterocycles. The van der Waals surface area contributed by atoms with Crippen molar-refractivity contribution in [3.05, 3.63) is 35.8 Å². The van der Waals surface area contributed by atoms with E-state index < -0.39 is 0 Å². The van der Waals surface area contributed by atoms with Gasteiger partial charge in [0, 0.05) is 5.56 Å². The summed E-state index contributed by atoms with van der Waals surface area (Å²) in [6.07, 6.45) is 2.08. The van der Waals surface area contributed by atoms with Crippen LogP contribution in [-0.2, 0) is 0 Å². The largest absolute Gasteiger partial charge is 0.454 e. The van der Waals surface area contributed by atoms with Crippen molar-refractivity contribution in [3.63, 3.8) is 0 Å². The Balaban J connectivity index is 2.13. The number of carbonyl (C=O) groups is 1. The summed E-state index contributed by atoms with van der Waals surface area (Å²) < 4.78 is 10.6. The molecule has 1 aromatic carbocycles. The minimum atomic E-state index is 0.238. The van der Waals surface area contributed by atoms with E-state index in [4.69, 9.17) is 9.47 Å². The SMILES string of the molecule is Cc1cc2c(cc1-c1cc(C=O)ncn1)OCO2. The van der Waals surface area contributed by atoms with Crippen LogP contribution in [0.4, 0.5) is 0 Å². The lowest BCUT2D eigenvalue weighted by Gasteiger charge is -2.07. The Bertz CT molecular complexity index is 626. The molecule has 0 fully saturated rings. The van der Waals surface area contributed by atoms with Gasteiger partial charge in [-0.1, -0.05) is 0 Å². The zero-order chi connectivity index (χ0) is 12.5. The van der Waals surface area contributed by atoms with Gasteiger partial charge in [0.25, 0.3) is 0 Å². The number of carbonyl (C=O) groups excluding carboxylic acids is 1. The van der Waals surface area contributed by atoms with Gasteiger partial charge in [-0.05, 0) is 30.7 Å². The maximum atomic E-state index is 10.7. The number of aryl methyl sites for hydroxylation is 1. The standard InChI is InChI=1S/C13H10N2O3/c1-8-2-12-13(18-7-17-12)4-10(8)11-3-9(5-16)14-6-15-11/h2-6H,7H2,1H3. The summed E-state index contributed by atoms with van der Waals surface area (Å²) in [4.78, 5) is 18.8. The Labute approximate surface area is 103 Å². The summed E-state index contributed by atoms with van der Waals surface area (Å²) in [6.45, 7) is 2.20. The second-order valence-electron chi connectivity index (χ2n) is 3.97. The molecule has 18 heavy (non-hydrogen) atoms. The van der Waals surface area contributed by atoms with Crippen molar-refractivity contribution in [2.45, 2.75) is 6.92 Å². The molecule has 0 aliphatic carbocycles. The van der Waals surface area contributed by atoms with Crippen molar-refractivity contribution in [1.29, 1.82) is 0 Å². The third-order valence-electron chi connectivity index (χ3n) is 2.80. The molecule has 0 saturated carbocycles. The predicted octanol–water partition coefficient (Wildman–Crippen LogP) is 1.99. The van der Waals surface area contributed by atoms with Crippen molar-refractivity contribution in [2.75, 3.05) is 6.79 Å². The summed E-state index contributed by atoms with van der Waals surface area (Å²) in [5.41, 5.74) is 2.97. The fourth-order valence-corrected chi connectivity index (χ4v) is 1.90. The number of nitrogens with zero attached hydrogens (tertiary/aromatic N) is 2. The predicted molar refractivity (Wildman–Crippen MR) is 63.7 cm³/mol. The quantitative estimate of drug-likeness (QED) is 0.754. The molecule has 5 nitrogen and oxygen atoms in total. The van der Waals surface area contributed by atoms with E-state index in [2.05, 4.69) is 9.97 Å². The number of rotatable bonds is 2. The highest BCUT2D eigenvalue weighted by molar-refractivity contribution is 5.76. The van der Waals surface area contributed by atoms with Crippen molar-refractivity contribution in [3.8, 4) is 22.8 Å². The van der Waals surface area contributed by atoms with Gasteiger partial charge in [-0.15, -0.1) is 0 Å². The number of hydrogen-bond donors (Lipinski definition) is 0. The van der Waals surface area contributed by atoms with Crippen LogP contribution in [0.15, 0.2) is 24.5 Å². The van der Waals surface area contributed by atoms with Gasteiger partial charge in [-0.3, -0.25) is 4.79 Å². The normalized spacial score (nSPS) is 12.5. The molecule has 0 spiro atoms. The monoisotopic (exact) mass is 242 g/mol. The van der Waals surface area contributed by atoms with Gasteiger partial charge >= 0.3 is 0 Å². The molecule has 0 bridgehead atoms. The highest BCUT2D eigenvalue weighted by Crippen LogP contribution is 2.37. The molecule has 0 amide bonds. The van der Waals surface area contributed by atoms with Crippen LogP contribution in [0.3, 0.4) is 0 Å². The molecule has 0 radical (unpaired) electrons. The second-order valence-corrected chi connectivity index (χ2v) is 3.97. The van der Waals surface area contributed by atoms with Gasteiger partial charge in [0.1, 0.15) is 12.0 Å². The van der Waals surface area contributed by atoms with Crippen molar-refractivity contribution < 1.29 is 14.3 Å². The number of hydrogen-bond acceptors (Lipinski definition) is 5. The van der Waals surface area contributed by atoms with E-state index in [0.717, 1.165) is 16.9 Å². The Morgan fingerprint density at radius 1 is 1.17 bits per heavy atom. The third kappa shape index (κ3) is 1.69. The third-order valence-corrected chi connectivity index (χ3v) is 2.80. The molecule has 0 saturated heterocycles. The van der Waals surface area contributed by atoms with Gasteiger partial charge in [0.2, 0.25) is 6.79 Å². The van der Waals surface area contributed by atoms with Crippen LogP contribution in [0.5, 0.6) is 11.5 Å². The smallest absolute Gasteiger partial charge is 0.231 e. The summed E-state index contributed by atoms with van der Waals surface area (Å²) in [5, 5.41) is 0. The zero-order valence-electron chi connectivity index (χ0n) is 9.71. The molecule has 5 heteroatoms. The number of fused-ring (bicyclic) bond motifs is 1. The van der Waals surface area contributed by atoms with Crippen LogP contribution in [-0.4, -0.2) is 23.0 Å². The lowest BCUT2D eigenvalue weighted by atomic mass is 10.0. The Morgan fingerprint density at radius 2 is 1.94 bits per heavy atom. The number of aromatic nitrogens is 2. The second kappa shape index (κ2) is 4.10. The molecule has 1 aliphatic heterocycles. The van der Waals surface area contributed by atoms with Crippen LogP contribution in [0, 0.1) is 6.92 Å². The van der Waals surface area contributed by atoms with Gasteiger partial charge in [-0.2, -0.15) is 0 Å². The summed E-state index contributed by atoms with van der Waals surface area (Å²) in [7, 11) is 0. The first-order valence-electron chi connectivity index (χ1n) is 5.46. The molecule has 2 aromatic rings. The van der Waals surface area contributed by atoms with E-state index in [0.29, 0.717) is 23.4 Å². The van der Waals surface area contributed by atoms with Crippen LogP contribution >= 0.6 is 0 Å². The van der Waals surface area contributed by atoms with E-state index in [1.54, 1.807) is 6.07 Å². The fraction of sp³-hybridized carbons (Fsp3) is 0.154. The minimum absolute atomic E-state index is 0.238. The summed E-state index contributed by atoms with van der Waals surface area (Å²) >= 11 is 0. The number of aldehydes is 1. The van der Waals surface area contributed by atoms with Crippen LogP contribution in [0.2, 0.25) is 0 Å². The maximum absolute atomic E-state index is 10.7.